The van der Waals surface area contributed by atoms with Crippen LogP contribution in [0.1, 0.15) is 12.0 Å². The second-order valence-corrected chi connectivity index (χ2v) is 6.89. The first-order valence-electron chi connectivity index (χ1n) is 10.3. The molecular formula is C25H27FO7. The topological polar surface area (TPSA) is 80.3 Å². The third-order valence-electron chi connectivity index (χ3n) is 4.40. The first kappa shape index (κ1) is 25.8. The van der Waals surface area contributed by atoms with Gasteiger partial charge < -0.3 is 14.2 Å². The summed E-state index contributed by atoms with van der Waals surface area (Å²) in [6.07, 6.45) is 2.29. The van der Waals surface area contributed by atoms with Crippen molar-refractivity contribution < 1.29 is 38.0 Å². The maximum atomic E-state index is 14.6. The summed E-state index contributed by atoms with van der Waals surface area (Å²) >= 11 is 0. The van der Waals surface area contributed by atoms with E-state index in [4.69, 9.17) is 19.1 Å². The van der Waals surface area contributed by atoms with Gasteiger partial charge in [-0.3, -0.25) is 4.89 Å². The first-order chi connectivity index (χ1) is 15.9. The first-order valence-corrected chi connectivity index (χ1v) is 10.3. The average Bonchev–Trinajstić information content (AvgIpc) is 2.82. The van der Waals surface area contributed by atoms with E-state index in [1.54, 1.807) is 30.3 Å². The molecule has 0 unspecified atom stereocenters. The maximum absolute atomic E-state index is 14.6. The van der Waals surface area contributed by atoms with Gasteiger partial charge in [0.15, 0.2) is 0 Å². The quantitative estimate of drug-likeness (QED) is 0.138. The van der Waals surface area contributed by atoms with Gasteiger partial charge in [0.05, 0.1) is 18.8 Å². The van der Waals surface area contributed by atoms with Crippen LogP contribution in [-0.4, -0.2) is 45.5 Å². The number of hydrogen-bond donors (Lipinski definition) is 0. The van der Waals surface area contributed by atoms with Crippen molar-refractivity contribution in [2.75, 3.05) is 33.5 Å². The molecule has 0 aliphatic carbocycles. The second kappa shape index (κ2) is 13.8. The number of methoxy groups -OCH3 is 1. The third-order valence-corrected chi connectivity index (χ3v) is 4.40. The van der Waals surface area contributed by atoms with Crippen LogP contribution in [0.2, 0.25) is 0 Å². The summed E-state index contributed by atoms with van der Waals surface area (Å²) in [7, 11) is 1.44. The molecule has 0 aromatic heterocycles. The van der Waals surface area contributed by atoms with Gasteiger partial charge in [0.1, 0.15) is 24.8 Å². The zero-order valence-electron chi connectivity index (χ0n) is 18.5. The SMILES string of the molecule is C=CC(=O)OCCCc1ccc(-c2ccc(OCCOOC(=O)C(=C)COC)cc2)c(F)c1. The van der Waals surface area contributed by atoms with E-state index in [0.717, 1.165) is 11.6 Å². The highest BCUT2D eigenvalue weighted by atomic mass is 19.1. The summed E-state index contributed by atoms with van der Waals surface area (Å²) < 4.78 is 29.8. The van der Waals surface area contributed by atoms with Crippen LogP contribution in [0.25, 0.3) is 11.1 Å². The zero-order chi connectivity index (χ0) is 24.1. The number of carbonyl (C=O) groups is 2. The number of halogens is 1. The average molecular weight is 458 g/mol. The monoisotopic (exact) mass is 458 g/mol. The van der Waals surface area contributed by atoms with Gasteiger partial charge in [-0.2, -0.15) is 4.89 Å². The van der Waals surface area contributed by atoms with Crippen LogP contribution in [0.4, 0.5) is 4.39 Å². The molecule has 2 aromatic carbocycles. The lowest BCUT2D eigenvalue weighted by Gasteiger charge is -2.09. The van der Waals surface area contributed by atoms with Crippen molar-refractivity contribution in [3.63, 3.8) is 0 Å². The number of rotatable bonds is 14. The number of aryl methyl sites for hydroxylation is 1. The molecule has 0 bridgehead atoms. The fraction of sp³-hybridized carbons (Fsp3) is 0.280. The predicted molar refractivity (Wildman–Crippen MR) is 120 cm³/mol. The Morgan fingerprint density at radius 1 is 1.06 bits per heavy atom. The smallest absolute Gasteiger partial charge is 0.370 e. The van der Waals surface area contributed by atoms with Crippen LogP contribution in [0.5, 0.6) is 5.75 Å². The fourth-order valence-corrected chi connectivity index (χ4v) is 2.77. The largest absolute Gasteiger partial charge is 0.491 e. The van der Waals surface area contributed by atoms with Gasteiger partial charge in [0.2, 0.25) is 0 Å². The summed E-state index contributed by atoms with van der Waals surface area (Å²) in [5, 5.41) is 0. The van der Waals surface area contributed by atoms with Crippen molar-refractivity contribution in [1.82, 2.24) is 0 Å². The molecule has 0 amide bonds. The Bertz CT molecular complexity index is 954. The molecule has 2 rings (SSSR count). The van der Waals surface area contributed by atoms with E-state index in [2.05, 4.69) is 18.0 Å². The molecule has 0 aliphatic rings. The van der Waals surface area contributed by atoms with Gasteiger partial charge in [0, 0.05) is 18.7 Å². The minimum absolute atomic E-state index is 0.0244. The third kappa shape index (κ3) is 8.88. The van der Waals surface area contributed by atoms with Gasteiger partial charge in [-0.05, 0) is 42.2 Å². The fourth-order valence-electron chi connectivity index (χ4n) is 2.77. The molecule has 176 valence electrons. The normalized spacial score (nSPS) is 10.4. The molecule has 7 nitrogen and oxygen atoms in total. The van der Waals surface area contributed by atoms with Gasteiger partial charge >= 0.3 is 11.9 Å². The van der Waals surface area contributed by atoms with E-state index in [9.17, 15) is 14.0 Å². The van der Waals surface area contributed by atoms with Crippen molar-refractivity contribution >= 4 is 11.9 Å². The Labute approximate surface area is 192 Å². The van der Waals surface area contributed by atoms with E-state index in [1.807, 2.05) is 6.07 Å². The van der Waals surface area contributed by atoms with E-state index in [-0.39, 0.29) is 37.8 Å². The summed E-state index contributed by atoms with van der Waals surface area (Å²) in [6, 6.07) is 12.0. The number of carbonyl (C=O) groups excluding carboxylic acids is 2. The molecule has 0 saturated carbocycles. The lowest BCUT2D eigenvalue weighted by atomic mass is 10.0. The Morgan fingerprint density at radius 3 is 2.48 bits per heavy atom. The van der Waals surface area contributed by atoms with E-state index < -0.39 is 11.9 Å². The zero-order valence-corrected chi connectivity index (χ0v) is 18.5. The minimum Gasteiger partial charge on any atom is -0.491 e. The van der Waals surface area contributed by atoms with Crippen LogP contribution < -0.4 is 4.74 Å². The van der Waals surface area contributed by atoms with Gasteiger partial charge in [-0.25, -0.2) is 14.0 Å². The second-order valence-electron chi connectivity index (χ2n) is 6.89. The standard InChI is InChI=1S/C25H27FO7/c1-4-24(27)31-13-5-6-19-7-12-22(23(26)16-19)20-8-10-21(11-9-20)30-14-15-32-33-25(28)18(2)17-29-3/h4,7-12,16H,1-2,5-6,13-15,17H2,3H3. The number of benzene rings is 2. The molecule has 2 aromatic rings. The minimum atomic E-state index is -0.703. The van der Waals surface area contributed by atoms with Gasteiger partial charge in [-0.1, -0.05) is 37.4 Å². The van der Waals surface area contributed by atoms with Crippen molar-refractivity contribution in [3.05, 3.63) is 78.7 Å². The number of ether oxygens (including phenoxy) is 3. The summed E-state index contributed by atoms with van der Waals surface area (Å²) in [5.74, 6) is -0.951. The van der Waals surface area contributed by atoms with Crippen LogP contribution in [0.3, 0.4) is 0 Å². The van der Waals surface area contributed by atoms with Gasteiger partial charge in [0.25, 0.3) is 0 Å². The molecule has 0 saturated heterocycles. The number of esters is 1. The summed E-state index contributed by atoms with van der Waals surface area (Å²) in [5.41, 5.74) is 2.13. The molecular weight excluding hydrogens is 431 g/mol. The molecule has 33 heavy (non-hydrogen) atoms. The number of hydrogen-bond acceptors (Lipinski definition) is 7. The molecule has 0 radical (unpaired) electrons. The van der Waals surface area contributed by atoms with Crippen LogP contribution in [0, 0.1) is 5.82 Å². The highest BCUT2D eigenvalue weighted by molar-refractivity contribution is 5.87. The lowest BCUT2D eigenvalue weighted by molar-refractivity contribution is -0.270. The molecule has 0 heterocycles. The van der Waals surface area contributed by atoms with Crippen molar-refractivity contribution in [1.29, 1.82) is 0 Å². The Hall–Kier alpha value is -3.49. The Balaban J connectivity index is 1.78. The van der Waals surface area contributed by atoms with Gasteiger partial charge in [-0.15, -0.1) is 0 Å². The summed E-state index contributed by atoms with van der Waals surface area (Å²) in [4.78, 5) is 31.8. The van der Waals surface area contributed by atoms with Crippen molar-refractivity contribution in [2.45, 2.75) is 12.8 Å². The Morgan fingerprint density at radius 2 is 1.82 bits per heavy atom. The van der Waals surface area contributed by atoms with Crippen LogP contribution in [0.15, 0.2) is 67.3 Å². The molecule has 0 fully saturated rings. The van der Waals surface area contributed by atoms with E-state index in [0.29, 0.717) is 29.7 Å². The highest BCUT2D eigenvalue weighted by Gasteiger charge is 2.10. The Kier molecular flexibility index (Phi) is 10.8. The van der Waals surface area contributed by atoms with E-state index >= 15 is 0 Å². The van der Waals surface area contributed by atoms with Crippen LogP contribution >= 0.6 is 0 Å². The van der Waals surface area contributed by atoms with E-state index in [1.165, 1.54) is 13.2 Å². The van der Waals surface area contributed by atoms with Crippen LogP contribution in [-0.2, 0) is 35.3 Å². The molecule has 0 atom stereocenters. The maximum Gasteiger partial charge on any atom is 0.370 e. The molecule has 8 heteroatoms. The predicted octanol–water partition coefficient (Wildman–Crippen LogP) is 4.21. The molecule has 0 aliphatic heterocycles. The lowest BCUT2D eigenvalue weighted by Crippen LogP contribution is -2.14. The molecule has 0 spiro atoms. The van der Waals surface area contributed by atoms with Crippen molar-refractivity contribution in [2.24, 2.45) is 0 Å². The van der Waals surface area contributed by atoms with Crippen molar-refractivity contribution in [3.8, 4) is 16.9 Å². The highest BCUT2D eigenvalue weighted by Crippen LogP contribution is 2.26. The molecule has 0 N–H and O–H groups in total. The summed E-state index contributed by atoms with van der Waals surface area (Å²) in [6.45, 7) is 7.32.